The third kappa shape index (κ3) is 4.14. The number of benzene rings is 1. The van der Waals surface area contributed by atoms with E-state index in [0.29, 0.717) is 19.4 Å². The van der Waals surface area contributed by atoms with Crippen LogP contribution in [0.5, 0.6) is 0 Å². The molecule has 22 heavy (non-hydrogen) atoms. The molecule has 0 radical (unpaired) electrons. The lowest BCUT2D eigenvalue weighted by Gasteiger charge is -2.31. The third-order valence-electron chi connectivity index (χ3n) is 3.69. The predicted molar refractivity (Wildman–Crippen MR) is 79.3 cm³/mol. The fourth-order valence-corrected chi connectivity index (χ4v) is 2.58. The lowest BCUT2D eigenvalue weighted by atomic mass is 10.2. The Morgan fingerprint density at radius 2 is 1.91 bits per heavy atom. The summed E-state index contributed by atoms with van der Waals surface area (Å²) >= 11 is 0. The predicted octanol–water partition coefficient (Wildman–Crippen LogP) is 1.94. The fraction of sp³-hybridized carbons (Fsp3) is 0.438. The highest BCUT2D eigenvalue weighted by Crippen LogP contribution is 2.17. The van der Waals surface area contributed by atoms with Crippen LogP contribution in [0, 0.1) is 0 Å². The van der Waals surface area contributed by atoms with Crippen molar-refractivity contribution >= 4 is 17.8 Å². The van der Waals surface area contributed by atoms with Crippen LogP contribution in [-0.4, -0.2) is 35.5 Å². The van der Waals surface area contributed by atoms with Crippen LogP contribution >= 0.6 is 0 Å². The van der Waals surface area contributed by atoms with Gasteiger partial charge in [-0.1, -0.05) is 30.3 Å². The molecule has 1 fully saturated rings. The van der Waals surface area contributed by atoms with Crippen molar-refractivity contribution in [1.29, 1.82) is 0 Å². The van der Waals surface area contributed by atoms with E-state index in [4.69, 9.17) is 4.74 Å². The zero-order valence-electron chi connectivity index (χ0n) is 12.7. The highest BCUT2D eigenvalue weighted by Gasteiger charge is 2.42. The van der Waals surface area contributed by atoms with Crippen LogP contribution in [0.25, 0.3) is 0 Å². The van der Waals surface area contributed by atoms with Gasteiger partial charge < -0.3 is 4.74 Å². The number of rotatable bonds is 2. The first-order valence-corrected chi connectivity index (χ1v) is 7.41. The third-order valence-corrected chi connectivity index (χ3v) is 3.69. The van der Waals surface area contributed by atoms with Crippen LogP contribution in [0.1, 0.15) is 31.7 Å². The van der Waals surface area contributed by atoms with Gasteiger partial charge in [0.2, 0.25) is 0 Å². The van der Waals surface area contributed by atoms with Gasteiger partial charge in [-0.05, 0) is 5.56 Å². The van der Waals surface area contributed by atoms with Crippen LogP contribution < -0.4 is 5.43 Å². The molecule has 1 atom stereocenters. The molecule has 1 aliphatic rings. The molecule has 2 amide bonds. The fourth-order valence-electron chi connectivity index (χ4n) is 2.58. The average molecular weight is 305 g/mol. The molecular weight excluding hydrogens is 284 g/mol. The van der Waals surface area contributed by atoms with Crippen LogP contribution in [-0.2, 0) is 20.9 Å². The minimum absolute atomic E-state index is 0.112. The van der Waals surface area contributed by atoms with E-state index < -0.39 is 6.09 Å². The molecule has 0 aromatic heterocycles. The summed E-state index contributed by atoms with van der Waals surface area (Å²) in [5.41, 5.74) is 3.54. The average Bonchev–Trinajstić information content (AvgIpc) is 2.68. The van der Waals surface area contributed by atoms with Crippen molar-refractivity contribution in [2.45, 2.75) is 32.8 Å². The Kier molecular flexibility index (Phi) is 5.27. The molecule has 118 valence electrons. The Labute approximate surface area is 129 Å². The summed E-state index contributed by atoms with van der Waals surface area (Å²) in [5.74, 6) is -0.202. The Balaban J connectivity index is 2.08. The number of hydrogen-bond acceptors (Lipinski definition) is 4. The SMILES string of the molecule is CC(=O)N[N+]1(C(=O)OCc2ccccc2)CCCC(=O)CC1. The summed E-state index contributed by atoms with van der Waals surface area (Å²) < 4.78 is 5.06. The lowest BCUT2D eigenvalue weighted by Crippen LogP contribution is -2.63. The number of ketones is 1. The van der Waals surface area contributed by atoms with Crippen LogP contribution in [0.3, 0.4) is 0 Å². The monoisotopic (exact) mass is 305 g/mol. The van der Waals surface area contributed by atoms with Gasteiger partial charge in [0.05, 0.1) is 6.42 Å². The Bertz CT molecular complexity index is 559. The highest BCUT2D eigenvalue weighted by atomic mass is 16.6. The van der Waals surface area contributed by atoms with Crippen LogP contribution in [0.2, 0.25) is 0 Å². The first kappa shape index (κ1) is 16.2. The van der Waals surface area contributed by atoms with E-state index >= 15 is 0 Å². The summed E-state index contributed by atoms with van der Waals surface area (Å²) in [5, 5.41) is 0. The number of likely N-dealkylation sites (tertiary alicyclic amines) is 1. The van der Waals surface area contributed by atoms with Crippen LogP contribution in [0.15, 0.2) is 30.3 Å². The summed E-state index contributed by atoms with van der Waals surface area (Å²) in [4.78, 5) is 35.6. The minimum Gasteiger partial charge on any atom is -0.413 e. The number of carbonyl (C=O) groups is 3. The second kappa shape index (κ2) is 7.17. The van der Waals surface area contributed by atoms with Crippen molar-refractivity contribution in [3.8, 4) is 0 Å². The van der Waals surface area contributed by atoms with Gasteiger partial charge in [0.25, 0.3) is 5.91 Å². The molecule has 1 aromatic carbocycles. The quantitative estimate of drug-likeness (QED) is 0.848. The van der Waals surface area contributed by atoms with E-state index in [0.717, 1.165) is 5.56 Å². The number of carbonyl (C=O) groups excluding carboxylic acids is 3. The first-order valence-electron chi connectivity index (χ1n) is 7.41. The van der Waals surface area contributed by atoms with E-state index in [-0.39, 0.29) is 35.9 Å². The van der Waals surface area contributed by atoms with E-state index in [1.54, 1.807) is 0 Å². The molecular formula is C16H21N2O4+. The number of hydrogen-bond donors (Lipinski definition) is 1. The Morgan fingerprint density at radius 3 is 2.59 bits per heavy atom. The summed E-state index contributed by atoms with van der Waals surface area (Å²) in [6.45, 7) is 2.12. The molecule has 1 aromatic rings. The topological polar surface area (TPSA) is 72.5 Å². The minimum atomic E-state index is -0.520. The molecule has 6 nitrogen and oxygen atoms in total. The van der Waals surface area contributed by atoms with E-state index in [1.165, 1.54) is 6.92 Å². The maximum absolute atomic E-state index is 12.5. The van der Waals surface area contributed by atoms with E-state index in [1.807, 2.05) is 30.3 Å². The molecule has 0 saturated carbocycles. The highest BCUT2D eigenvalue weighted by molar-refractivity contribution is 5.79. The number of ether oxygens (including phenoxy) is 1. The summed E-state index contributed by atoms with van der Waals surface area (Å²) in [7, 11) is 0. The lowest BCUT2D eigenvalue weighted by molar-refractivity contribution is -0.891. The summed E-state index contributed by atoms with van der Waals surface area (Å²) in [6.07, 6.45) is 0.736. The second-order valence-corrected chi connectivity index (χ2v) is 5.52. The van der Waals surface area contributed by atoms with Crippen molar-refractivity contribution in [1.82, 2.24) is 5.43 Å². The maximum Gasteiger partial charge on any atom is 0.541 e. The van der Waals surface area contributed by atoms with Crippen molar-refractivity contribution < 1.29 is 23.7 Å². The standard InChI is InChI=1S/C16H20N2O4/c1-13(19)17-18(10-5-8-15(20)9-11-18)16(21)22-12-14-6-3-2-4-7-14/h2-4,6-7H,5,8-12H2,1H3/p+1. The molecule has 1 saturated heterocycles. The molecule has 6 heteroatoms. The number of quaternary nitrogens is 1. The molecule has 1 N–H and O–H groups in total. The number of amides is 2. The van der Waals surface area contributed by atoms with Gasteiger partial charge in [-0.3, -0.25) is 9.59 Å². The van der Waals surface area contributed by atoms with Gasteiger partial charge in [-0.2, -0.15) is 10.2 Å². The van der Waals surface area contributed by atoms with E-state index in [2.05, 4.69) is 5.43 Å². The molecule has 1 heterocycles. The van der Waals surface area contributed by atoms with Crippen LogP contribution in [0.4, 0.5) is 4.79 Å². The number of nitrogens with one attached hydrogen (secondary N) is 1. The molecule has 1 unspecified atom stereocenters. The number of nitrogens with zero attached hydrogens (tertiary/aromatic N) is 1. The second-order valence-electron chi connectivity index (χ2n) is 5.52. The van der Waals surface area contributed by atoms with Crippen molar-refractivity contribution in [2.24, 2.45) is 0 Å². The first-order chi connectivity index (χ1) is 10.5. The largest absolute Gasteiger partial charge is 0.541 e. The molecule has 0 spiro atoms. The van der Waals surface area contributed by atoms with Gasteiger partial charge >= 0.3 is 6.09 Å². The van der Waals surface area contributed by atoms with Crippen molar-refractivity contribution in [3.05, 3.63) is 35.9 Å². The molecule has 2 rings (SSSR count). The molecule has 0 aliphatic carbocycles. The molecule has 1 aliphatic heterocycles. The molecule has 0 bridgehead atoms. The van der Waals surface area contributed by atoms with E-state index in [9.17, 15) is 14.4 Å². The van der Waals surface area contributed by atoms with Crippen molar-refractivity contribution in [2.75, 3.05) is 13.1 Å². The smallest absolute Gasteiger partial charge is 0.413 e. The Hall–Kier alpha value is -2.21. The summed E-state index contributed by atoms with van der Waals surface area (Å²) in [6, 6.07) is 9.35. The normalized spacial score (nSPS) is 21.8. The van der Waals surface area contributed by atoms with Gasteiger partial charge in [-0.25, -0.2) is 0 Å². The van der Waals surface area contributed by atoms with Gasteiger partial charge in [-0.15, -0.1) is 4.59 Å². The van der Waals surface area contributed by atoms with Gasteiger partial charge in [0, 0.05) is 19.8 Å². The zero-order chi connectivity index (χ0) is 16.0. The van der Waals surface area contributed by atoms with Crippen molar-refractivity contribution in [3.63, 3.8) is 0 Å². The Morgan fingerprint density at radius 1 is 1.18 bits per heavy atom. The zero-order valence-corrected chi connectivity index (χ0v) is 12.7. The van der Waals surface area contributed by atoms with Gasteiger partial charge in [0.15, 0.2) is 0 Å². The maximum atomic E-state index is 12.5. The van der Waals surface area contributed by atoms with Gasteiger partial charge in [0.1, 0.15) is 25.5 Å². The number of Topliss-reactive ketones (excluding diaryl/α,β-unsaturated/α-hetero) is 1.